The first-order chi connectivity index (χ1) is 13.8. The first kappa shape index (κ1) is 23.4. The molecular weight excluding hydrogens is 382 g/mol. The number of rotatable bonds is 7. The lowest BCUT2D eigenvalue weighted by atomic mass is 9.84. The Balaban J connectivity index is 2.08. The third kappa shape index (κ3) is 6.08. The van der Waals surface area contributed by atoms with Gasteiger partial charge in [-0.3, -0.25) is 19.1 Å². The molecule has 7 nitrogen and oxygen atoms in total. The van der Waals surface area contributed by atoms with E-state index in [1.807, 2.05) is 65.0 Å². The SMILES string of the molecule is Cc1c(NC(=O)CC(C)(C)CCC(=O)OC(C)(C)C)c(=O)n(-c2ccccc2)n1C. The molecule has 164 valence electrons. The van der Waals surface area contributed by atoms with Crippen molar-refractivity contribution < 1.29 is 14.3 Å². The number of benzene rings is 1. The Morgan fingerprint density at radius 3 is 2.23 bits per heavy atom. The van der Waals surface area contributed by atoms with E-state index in [9.17, 15) is 14.4 Å². The van der Waals surface area contributed by atoms with Gasteiger partial charge in [0.25, 0.3) is 5.56 Å². The van der Waals surface area contributed by atoms with E-state index in [4.69, 9.17) is 4.74 Å². The Morgan fingerprint density at radius 1 is 1.07 bits per heavy atom. The minimum atomic E-state index is -0.526. The number of nitrogens with zero attached hydrogens (tertiary/aromatic N) is 2. The van der Waals surface area contributed by atoms with Gasteiger partial charge in [-0.05, 0) is 51.7 Å². The second kappa shape index (κ2) is 8.90. The highest BCUT2D eigenvalue weighted by Crippen LogP contribution is 2.28. The Kier molecular flexibility index (Phi) is 6.95. The molecule has 1 heterocycles. The molecule has 0 unspecified atom stereocenters. The summed E-state index contributed by atoms with van der Waals surface area (Å²) in [4.78, 5) is 37.6. The molecule has 30 heavy (non-hydrogen) atoms. The fraction of sp³-hybridized carbons (Fsp3) is 0.522. The quantitative estimate of drug-likeness (QED) is 0.694. The fourth-order valence-corrected chi connectivity index (χ4v) is 3.25. The van der Waals surface area contributed by atoms with Gasteiger partial charge in [0, 0.05) is 19.9 Å². The van der Waals surface area contributed by atoms with Crippen molar-refractivity contribution in [1.82, 2.24) is 9.36 Å². The fourth-order valence-electron chi connectivity index (χ4n) is 3.25. The molecule has 1 aromatic carbocycles. The largest absolute Gasteiger partial charge is 0.460 e. The summed E-state index contributed by atoms with van der Waals surface area (Å²) < 4.78 is 8.59. The number of aromatic nitrogens is 2. The average molecular weight is 416 g/mol. The number of ether oxygens (including phenoxy) is 1. The Labute approximate surface area is 178 Å². The van der Waals surface area contributed by atoms with Crippen LogP contribution in [0.4, 0.5) is 5.69 Å². The summed E-state index contributed by atoms with van der Waals surface area (Å²) >= 11 is 0. The summed E-state index contributed by atoms with van der Waals surface area (Å²) in [6, 6.07) is 9.27. The highest BCUT2D eigenvalue weighted by atomic mass is 16.6. The van der Waals surface area contributed by atoms with E-state index in [-0.39, 0.29) is 36.0 Å². The van der Waals surface area contributed by atoms with E-state index >= 15 is 0 Å². The van der Waals surface area contributed by atoms with Crippen LogP contribution in [0.3, 0.4) is 0 Å². The molecule has 0 aliphatic heterocycles. The van der Waals surface area contributed by atoms with Gasteiger partial charge in [0.1, 0.15) is 11.3 Å². The Morgan fingerprint density at radius 2 is 1.67 bits per heavy atom. The maximum Gasteiger partial charge on any atom is 0.306 e. The summed E-state index contributed by atoms with van der Waals surface area (Å²) in [6.45, 7) is 11.1. The number of hydrogen-bond donors (Lipinski definition) is 1. The van der Waals surface area contributed by atoms with Crippen LogP contribution in [0.1, 0.15) is 59.6 Å². The minimum absolute atomic E-state index is 0.189. The third-order valence-corrected chi connectivity index (χ3v) is 4.88. The molecule has 1 N–H and O–H groups in total. The zero-order valence-corrected chi connectivity index (χ0v) is 19.0. The van der Waals surface area contributed by atoms with Gasteiger partial charge in [-0.1, -0.05) is 32.0 Å². The van der Waals surface area contributed by atoms with E-state index in [2.05, 4.69) is 5.32 Å². The smallest absolute Gasteiger partial charge is 0.306 e. The van der Waals surface area contributed by atoms with Crippen LogP contribution >= 0.6 is 0 Å². The van der Waals surface area contributed by atoms with Gasteiger partial charge < -0.3 is 10.1 Å². The van der Waals surface area contributed by atoms with E-state index in [1.54, 1.807) is 18.7 Å². The second-order valence-electron chi connectivity index (χ2n) is 9.41. The molecule has 0 bridgehead atoms. The number of esters is 1. The zero-order valence-electron chi connectivity index (χ0n) is 19.0. The Bertz CT molecular complexity index is 963. The summed E-state index contributed by atoms with van der Waals surface area (Å²) in [5, 5.41) is 2.78. The Hall–Kier alpha value is -2.83. The lowest BCUT2D eigenvalue weighted by Gasteiger charge is -2.25. The van der Waals surface area contributed by atoms with Gasteiger partial charge in [-0.2, -0.15) is 0 Å². The molecule has 1 amide bonds. The van der Waals surface area contributed by atoms with Crippen molar-refractivity contribution >= 4 is 17.6 Å². The van der Waals surface area contributed by atoms with E-state index in [0.717, 1.165) is 5.69 Å². The van der Waals surface area contributed by atoms with Crippen molar-refractivity contribution in [3.8, 4) is 5.69 Å². The van der Waals surface area contributed by atoms with Gasteiger partial charge in [-0.15, -0.1) is 0 Å². The van der Waals surface area contributed by atoms with Crippen LogP contribution in [0.5, 0.6) is 0 Å². The number of carbonyl (C=O) groups excluding carboxylic acids is 2. The van der Waals surface area contributed by atoms with Crippen molar-refractivity contribution in [2.75, 3.05) is 5.32 Å². The molecule has 1 aromatic heterocycles. The molecule has 0 spiro atoms. The molecular formula is C23H33N3O4. The minimum Gasteiger partial charge on any atom is -0.460 e. The zero-order chi connectivity index (χ0) is 22.7. The molecule has 2 rings (SSSR count). The van der Waals surface area contributed by atoms with Crippen LogP contribution in [0.15, 0.2) is 35.1 Å². The first-order valence-corrected chi connectivity index (χ1v) is 10.2. The second-order valence-corrected chi connectivity index (χ2v) is 9.41. The number of carbonyl (C=O) groups is 2. The van der Waals surface area contributed by atoms with Gasteiger partial charge in [0.15, 0.2) is 0 Å². The summed E-state index contributed by atoms with van der Waals surface area (Å²) in [7, 11) is 1.78. The predicted octanol–water partition coefficient (Wildman–Crippen LogP) is 3.96. The molecule has 2 aromatic rings. The van der Waals surface area contributed by atoms with Crippen molar-refractivity contribution in [1.29, 1.82) is 0 Å². The first-order valence-electron chi connectivity index (χ1n) is 10.2. The number of hydrogen-bond acceptors (Lipinski definition) is 4. The number of anilines is 1. The molecule has 0 aliphatic carbocycles. The van der Waals surface area contributed by atoms with Gasteiger partial charge in [0.2, 0.25) is 5.91 Å². The van der Waals surface area contributed by atoms with Crippen LogP contribution in [0.25, 0.3) is 5.69 Å². The molecule has 0 saturated heterocycles. The predicted molar refractivity (Wildman–Crippen MR) is 118 cm³/mol. The molecule has 7 heteroatoms. The third-order valence-electron chi connectivity index (χ3n) is 4.88. The van der Waals surface area contributed by atoms with Gasteiger partial charge in [-0.25, -0.2) is 4.68 Å². The van der Waals surface area contributed by atoms with E-state index < -0.39 is 11.0 Å². The van der Waals surface area contributed by atoms with Crippen LogP contribution in [-0.4, -0.2) is 26.8 Å². The summed E-state index contributed by atoms with van der Waals surface area (Å²) in [5.74, 6) is -0.532. The van der Waals surface area contributed by atoms with Crippen molar-refractivity contribution in [3.63, 3.8) is 0 Å². The maximum absolute atomic E-state index is 12.9. The summed E-state index contributed by atoms with van der Waals surface area (Å²) in [6.07, 6.45) is 0.939. The maximum atomic E-state index is 12.9. The van der Waals surface area contributed by atoms with Crippen molar-refractivity contribution in [2.45, 2.75) is 66.4 Å². The summed E-state index contributed by atoms with van der Waals surface area (Å²) in [5.41, 5.74) is 0.454. The lowest BCUT2D eigenvalue weighted by molar-refractivity contribution is -0.155. The van der Waals surface area contributed by atoms with Crippen LogP contribution in [0, 0.1) is 12.3 Å². The van der Waals surface area contributed by atoms with E-state index in [0.29, 0.717) is 12.1 Å². The topological polar surface area (TPSA) is 82.3 Å². The molecule has 0 fully saturated rings. The van der Waals surface area contributed by atoms with Crippen molar-refractivity contribution in [2.24, 2.45) is 12.5 Å². The standard InChI is InChI=1S/C23H33N3O4/c1-16-20(21(29)26(25(16)7)17-11-9-8-10-12-17)24-18(27)15-23(5,6)14-13-19(28)30-22(2,3)4/h8-12H,13-15H2,1-7H3,(H,24,27). The van der Waals surface area contributed by atoms with E-state index in [1.165, 1.54) is 4.68 Å². The number of para-hydroxylation sites is 1. The average Bonchev–Trinajstić information content (AvgIpc) is 2.82. The van der Waals surface area contributed by atoms with Crippen LogP contribution in [0.2, 0.25) is 0 Å². The number of nitrogens with one attached hydrogen (secondary N) is 1. The molecule has 0 atom stereocenters. The van der Waals surface area contributed by atoms with Crippen LogP contribution < -0.4 is 10.9 Å². The highest BCUT2D eigenvalue weighted by molar-refractivity contribution is 5.91. The van der Waals surface area contributed by atoms with Gasteiger partial charge >= 0.3 is 5.97 Å². The van der Waals surface area contributed by atoms with Gasteiger partial charge in [0.05, 0.1) is 11.4 Å². The lowest BCUT2D eigenvalue weighted by Crippen LogP contribution is -2.28. The normalized spacial score (nSPS) is 12.0. The molecule has 0 saturated carbocycles. The number of amides is 1. The monoisotopic (exact) mass is 415 g/mol. The highest BCUT2D eigenvalue weighted by Gasteiger charge is 2.26. The molecule has 0 aliphatic rings. The van der Waals surface area contributed by atoms with Crippen molar-refractivity contribution in [3.05, 3.63) is 46.4 Å². The molecule has 0 radical (unpaired) electrons. The van der Waals surface area contributed by atoms with Crippen LogP contribution in [-0.2, 0) is 21.4 Å².